The first kappa shape index (κ1) is 12.6. The highest BCUT2D eigenvalue weighted by molar-refractivity contribution is 6.00. The molecule has 0 fully saturated rings. The Kier molecular flexibility index (Phi) is 3.11. The number of rotatable bonds is 1. The van der Waals surface area contributed by atoms with E-state index in [1.54, 1.807) is 6.07 Å². The van der Waals surface area contributed by atoms with Crippen LogP contribution in [0.25, 0.3) is 0 Å². The van der Waals surface area contributed by atoms with Gasteiger partial charge in [-0.15, -0.1) is 0 Å². The Morgan fingerprint density at radius 1 is 1.33 bits per heavy atom. The molecule has 4 nitrogen and oxygen atoms in total. The third-order valence-corrected chi connectivity index (χ3v) is 2.81. The normalized spacial score (nSPS) is 18.8. The van der Waals surface area contributed by atoms with Gasteiger partial charge in [0.2, 0.25) is 5.91 Å². The van der Waals surface area contributed by atoms with E-state index in [9.17, 15) is 9.59 Å². The number of carbonyl (C=O) groups excluding carboxylic acids is 2. The summed E-state index contributed by atoms with van der Waals surface area (Å²) in [4.78, 5) is 23.9. The summed E-state index contributed by atoms with van der Waals surface area (Å²) < 4.78 is 0. The van der Waals surface area contributed by atoms with Crippen LogP contribution in [0.3, 0.4) is 0 Å². The number of amides is 2. The molecule has 1 aromatic rings. The zero-order chi connectivity index (χ0) is 13.3. The van der Waals surface area contributed by atoms with Gasteiger partial charge in [-0.1, -0.05) is 18.2 Å². The highest BCUT2D eigenvalue weighted by atomic mass is 16.2. The Labute approximate surface area is 107 Å². The second-order valence-electron chi connectivity index (χ2n) is 5.63. The average Bonchev–Trinajstić information content (AvgIpc) is 2.26. The van der Waals surface area contributed by atoms with Gasteiger partial charge >= 0.3 is 0 Å². The van der Waals surface area contributed by atoms with Crippen LogP contribution in [0.15, 0.2) is 24.3 Å². The maximum Gasteiger partial charge on any atom is 0.252 e. The molecular formula is C14H18N2O2. The zero-order valence-corrected chi connectivity index (χ0v) is 10.9. The first-order valence-corrected chi connectivity index (χ1v) is 6.07. The largest absolute Gasteiger partial charge is 0.350 e. The van der Waals surface area contributed by atoms with Crippen molar-refractivity contribution in [3.8, 4) is 0 Å². The van der Waals surface area contributed by atoms with E-state index in [-0.39, 0.29) is 17.4 Å². The molecule has 0 bridgehead atoms. The minimum atomic E-state index is -0.480. The third kappa shape index (κ3) is 2.70. The number of carbonyl (C=O) groups is 2. The summed E-state index contributed by atoms with van der Waals surface area (Å²) in [6, 6.07) is 6.91. The first-order valence-electron chi connectivity index (χ1n) is 6.07. The quantitative estimate of drug-likeness (QED) is 0.783. The molecule has 1 aromatic carbocycles. The second-order valence-corrected chi connectivity index (χ2v) is 5.63. The van der Waals surface area contributed by atoms with Crippen LogP contribution in [0.5, 0.6) is 0 Å². The number of nitrogens with one attached hydrogen (secondary N) is 2. The van der Waals surface area contributed by atoms with E-state index >= 15 is 0 Å². The Hall–Kier alpha value is -1.84. The Balaban J connectivity index is 2.16. The predicted octanol–water partition coefficient (Wildman–Crippen LogP) is 1.26. The summed E-state index contributed by atoms with van der Waals surface area (Å²) in [6.07, 6.45) is 0.545. The summed E-state index contributed by atoms with van der Waals surface area (Å²) in [5, 5.41) is 5.63. The van der Waals surface area contributed by atoms with Crippen LogP contribution in [-0.2, 0) is 11.2 Å². The van der Waals surface area contributed by atoms with Crippen molar-refractivity contribution in [2.75, 3.05) is 0 Å². The molecule has 0 spiro atoms. The smallest absolute Gasteiger partial charge is 0.252 e. The van der Waals surface area contributed by atoms with Crippen molar-refractivity contribution < 1.29 is 9.59 Å². The standard InChI is InChI=1S/C14H18N2O2/c1-14(2,3)16-13(18)11-8-9-6-4-5-7-10(9)12(17)15-11/h4-7,11H,8H2,1-3H3,(H,15,17)(H,16,18). The molecule has 1 unspecified atom stereocenters. The van der Waals surface area contributed by atoms with E-state index in [2.05, 4.69) is 10.6 Å². The van der Waals surface area contributed by atoms with Crippen molar-refractivity contribution in [3.63, 3.8) is 0 Å². The maximum absolute atomic E-state index is 12.0. The minimum absolute atomic E-state index is 0.134. The Bertz CT molecular complexity index is 489. The zero-order valence-electron chi connectivity index (χ0n) is 10.9. The van der Waals surface area contributed by atoms with E-state index in [0.29, 0.717) is 12.0 Å². The SMILES string of the molecule is CC(C)(C)NC(=O)C1Cc2ccccc2C(=O)N1. The molecule has 2 rings (SSSR count). The Morgan fingerprint density at radius 3 is 2.67 bits per heavy atom. The lowest BCUT2D eigenvalue weighted by atomic mass is 9.94. The summed E-state index contributed by atoms with van der Waals surface area (Å²) >= 11 is 0. The van der Waals surface area contributed by atoms with Gasteiger partial charge in [0, 0.05) is 17.5 Å². The minimum Gasteiger partial charge on any atom is -0.350 e. The Morgan fingerprint density at radius 2 is 2.00 bits per heavy atom. The number of hydrogen-bond donors (Lipinski definition) is 2. The van der Waals surface area contributed by atoms with Gasteiger partial charge in [-0.2, -0.15) is 0 Å². The number of benzene rings is 1. The molecule has 1 atom stereocenters. The van der Waals surface area contributed by atoms with Crippen LogP contribution < -0.4 is 10.6 Å². The highest BCUT2D eigenvalue weighted by Gasteiger charge is 2.30. The molecule has 4 heteroatoms. The molecule has 18 heavy (non-hydrogen) atoms. The summed E-state index contributed by atoms with van der Waals surface area (Å²) in [6.45, 7) is 5.76. The van der Waals surface area contributed by atoms with Gasteiger partial charge in [0.25, 0.3) is 5.91 Å². The molecule has 0 radical (unpaired) electrons. The second kappa shape index (κ2) is 4.44. The lowest BCUT2D eigenvalue weighted by molar-refractivity contribution is -0.124. The third-order valence-electron chi connectivity index (χ3n) is 2.81. The van der Waals surface area contributed by atoms with Crippen molar-refractivity contribution in [1.29, 1.82) is 0 Å². The molecule has 96 valence electrons. The molecule has 1 aliphatic rings. The van der Waals surface area contributed by atoms with Crippen LogP contribution in [-0.4, -0.2) is 23.4 Å². The van der Waals surface area contributed by atoms with Crippen LogP contribution >= 0.6 is 0 Å². The monoisotopic (exact) mass is 246 g/mol. The summed E-state index contributed by atoms with van der Waals surface area (Å²) in [5.74, 6) is -0.309. The van der Waals surface area contributed by atoms with E-state index in [1.807, 2.05) is 39.0 Å². The van der Waals surface area contributed by atoms with Crippen molar-refractivity contribution in [2.45, 2.75) is 38.8 Å². The molecule has 2 amide bonds. The van der Waals surface area contributed by atoms with E-state index in [1.165, 1.54) is 0 Å². The van der Waals surface area contributed by atoms with Gasteiger partial charge < -0.3 is 10.6 Å². The van der Waals surface area contributed by atoms with Gasteiger partial charge in [0.15, 0.2) is 0 Å². The van der Waals surface area contributed by atoms with Gasteiger partial charge in [-0.25, -0.2) is 0 Å². The molecule has 1 aliphatic heterocycles. The number of hydrogen-bond acceptors (Lipinski definition) is 2. The fourth-order valence-electron chi connectivity index (χ4n) is 2.04. The van der Waals surface area contributed by atoms with Crippen LogP contribution in [0.4, 0.5) is 0 Å². The summed E-state index contributed by atoms with van der Waals surface area (Å²) in [5.41, 5.74) is 1.30. The molecule has 2 N–H and O–H groups in total. The lowest BCUT2D eigenvalue weighted by Gasteiger charge is -2.28. The molecule has 0 aliphatic carbocycles. The molecule has 0 saturated carbocycles. The van der Waals surface area contributed by atoms with E-state index in [0.717, 1.165) is 5.56 Å². The molecule has 0 saturated heterocycles. The average molecular weight is 246 g/mol. The van der Waals surface area contributed by atoms with Gasteiger partial charge in [-0.3, -0.25) is 9.59 Å². The topological polar surface area (TPSA) is 58.2 Å². The van der Waals surface area contributed by atoms with Gasteiger partial charge in [0.1, 0.15) is 6.04 Å². The van der Waals surface area contributed by atoms with Crippen LogP contribution in [0.1, 0.15) is 36.7 Å². The van der Waals surface area contributed by atoms with E-state index < -0.39 is 6.04 Å². The fourth-order valence-corrected chi connectivity index (χ4v) is 2.04. The highest BCUT2D eigenvalue weighted by Crippen LogP contribution is 2.16. The molecule has 1 heterocycles. The predicted molar refractivity (Wildman–Crippen MR) is 69.3 cm³/mol. The summed E-state index contributed by atoms with van der Waals surface area (Å²) in [7, 11) is 0. The lowest BCUT2D eigenvalue weighted by Crippen LogP contribution is -2.54. The van der Waals surface area contributed by atoms with Crippen molar-refractivity contribution >= 4 is 11.8 Å². The maximum atomic E-state index is 12.0. The fraction of sp³-hybridized carbons (Fsp3) is 0.429. The van der Waals surface area contributed by atoms with Gasteiger partial charge in [-0.05, 0) is 32.4 Å². The van der Waals surface area contributed by atoms with Crippen LogP contribution in [0, 0.1) is 0 Å². The van der Waals surface area contributed by atoms with Crippen molar-refractivity contribution in [2.24, 2.45) is 0 Å². The molecule has 0 aromatic heterocycles. The number of fused-ring (bicyclic) bond motifs is 1. The van der Waals surface area contributed by atoms with E-state index in [4.69, 9.17) is 0 Å². The first-order chi connectivity index (χ1) is 8.37. The van der Waals surface area contributed by atoms with Crippen molar-refractivity contribution in [3.05, 3.63) is 35.4 Å². The van der Waals surface area contributed by atoms with Gasteiger partial charge in [0.05, 0.1) is 0 Å². The molecular weight excluding hydrogens is 228 g/mol. The van der Waals surface area contributed by atoms with Crippen LogP contribution in [0.2, 0.25) is 0 Å². The van der Waals surface area contributed by atoms with Crippen molar-refractivity contribution in [1.82, 2.24) is 10.6 Å².